The lowest BCUT2D eigenvalue weighted by molar-refractivity contribution is 1.30. The molecule has 7 aromatic carbocycles. The molecule has 0 unspecified atom stereocenters. The molecule has 0 saturated heterocycles. The van der Waals surface area contributed by atoms with E-state index in [1.165, 1.54) is 69.3 Å². The molecule has 1 nitrogen and oxygen atoms in total. The number of rotatable bonds is 3. The summed E-state index contributed by atoms with van der Waals surface area (Å²) in [6.45, 7) is 0. The number of anilines is 3. The number of fused-ring (bicyclic) bond motifs is 1. The highest BCUT2D eigenvalue weighted by Crippen LogP contribution is 2.53. The Balaban J connectivity index is 1.56. The van der Waals surface area contributed by atoms with E-state index in [1.54, 1.807) is 0 Å². The van der Waals surface area contributed by atoms with Gasteiger partial charge in [0.2, 0.25) is 0 Å². The van der Waals surface area contributed by atoms with Crippen LogP contribution in [0.4, 0.5) is 17.1 Å². The quantitative estimate of drug-likeness (QED) is 0.219. The van der Waals surface area contributed by atoms with Crippen LogP contribution in [0.1, 0.15) is 0 Å². The first kappa shape index (κ1) is 20.4. The molecule has 8 aromatic rings. The van der Waals surface area contributed by atoms with Crippen LogP contribution < -0.4 is 4.90 Å². The molecular weight excluding hydrogens is 478 g/mol. The molecule has 1 aliphatic carbocycles. The van der Waals surface area contributed by atoms with Gasteiger partial charge in [0.05, 0.1) is 5.69 Å². The SMILES string of the molecule is c1ccc(N(c2ccccc2)c2cc3sc4cccc5c4c3c3c2ccc2ccc4cccc-5c4c23)cc1. The van der Waals surface area contributed by atoms with Crippen molar-refractivity contribution in [3.8, 4) is 11.1 Å². The lowest BCUT2D eigenvalue weighted by Gasteiger charge is -2.27. The zero-order valence-corrected chi connectivity index (χ0v) is 21.3. The van der Waals surface area contributed by atoms with Crippen LogP contribution in [0.3, 0.4) is 0 Å². The zero-order valence-electron chi connectivity index (χ0n) is 20.5. The fourth-order valence-electron chi connectivity index (χ4n) is 6.60. The summed E-state index contributed by atoms with van der Waals surface area (Å²) in [5, 5.41) is 10.8. The molecule has 2 heteroatoms. The molecule has 9 rings (SSSR count). The minimum absolute atomic E-state index is 1.16. The highest BCUT2D eigenvalue weighted by Gasteiger charge is 2.25. The van der Waals surface area contributed by atoms with Gasteiger partial charge in [-0.05, 0) is 69.1 Å². The number of benzene rings is 7. The first-order chi connectivity index (χ1) is 18.9. The van der Waals surface area contributed by atoms with Crippen LogP contribution in [0.25, 0.3) is 63.6 Å². The number of para-hydroxylation sites is 2. The Labute approximate surface area is 223 Å². The summed E-state index contributed by atoms with van der Waals surface area (Å²) >= 11 is 1.91. The molecule has 0 radical (unpaired) electrons. The van der Waals surface area contributed by atoms with Crippen molar-refractivity contribution in [2.24, 2.45) is 0 Å². The second kappa shape index (κ2) is 7.44. The predicted molar refractivity (Wildman–Crippen MR) is 166 cm³/mol. The van der Waals surface area contributed by atoms with Gasteiger partial charge in [0.25, 0.3) is 0 Å². The van der Waals surface area contributed by atoms with Crippen molar-refractivity contribution < 1.29 is 0 Å². The van der Waals surface area contributed by atoms with Crippen LogP contribution in [0.15, 0.2) is 127 Å². The normalized spacial score (nSPS) is 12.2. The minimum atomic E-state index is 1.16. The van der Waals surface area contributed by atoms with Crippen molar-refractivity contribution in [3.05, 3.63) is 127 Å². The number of thiophene rings is 1. The lowest BCUT2D eigenvalue weighted by Crippen LogP contribution is -2.10. The van der Waals surface area contributed by atoms with Crippen LogP contribution in [-0.4, -0.2) is 0 Å². The molecule has 0 saturated carbocycles. The van der Waals surface area contributed by atoms with Crippen LogP contribution in [-0.2, 0) is 0 Å². The van der Waals surface area contributed by atoms with Crippen molar-refractivity contribution in [2.75, 3.05) is 4.90 Å². The van der Waals surface area contributed by atoms with Gasteiger partial charge in [0.15, 0.2) is 0 Å². The van der Waals surface area contributed by atoms with Crippen LogP contribution in [0.5, 0.6) is 0 Å². The Bertz CT molecular complexity index is 2190. The van der Waals surface area contributed by atoms with Gasteiger partial charge in [0, 0.05) is 42.3 Å². The van der Waals surface area contributed by atoms with Gasteiger partial charge in [0.1, 0.15) is 0 Å². The highest BCUT2D eigenvalue weighted by molar-refractivity contribution is 7.26. The van der Waals surface area contributed by atoms with Crippen LogP contribution in [0, 0.1) is 0 Å². The standard InChI is InChI=1S/C36H21NS/c1-3-10-24(11-4-1)37(25-12-5-2-6-13-25)29-21-31-36-34-27(15-8-16-30(34)38-31)26-14-7-9-22-17-18-23-19-20-28(29)35(36)33(23)32(22)26/h1-21H. The van der Waals surface area contributed by atoms with E-state index in [4.69, 9.17) is 0 Å². The maximum absolute atomic E-state index is 2.42. The maximum Gasteiger partial charge on any atom is 0.0554 e. The highest BCUT2D eigenvalue weighted by atomic mass is 32.1. The van der Waals surface area contributed by atoms with E-state index >= 15 is 0 Å². The van der Waals surface area contributed by atoms with E-state index in [1.807, 2.05) is 11.3 Å². The summed E-state index contributed by atoms with van der Waals surface area (Å²) in [7, 11) is 0. The fourth-order valence-corrected chi connectivity index (χ4v) is 7.78. The van der Waals surface area contributed by atoms with E-state index < -0.39 is 0 Å². The Morgan fingerprint density at radius 3 is 1.79 bits per heavy atom. The van der Waals surface area contributed by atoms with Gasteiger partial charge in [-0.25, -0.2) is 0 Å². The van der Waals surface area contributed by atoms with Gasteiger partial charge < -0.3 is 4.90 Å². The zero-order chi connectivity index (χ0) is 24.8. The maximum atomic E-state index is 2.42. The Kier molecular flexibility index (Phi) is 3.99. The molecule has 0 bridgehead atoms. The van der Waals surface area contributed by atoms with E-state index in [-0.39, 0.29) is 0 Å². The van der Waals surface area contributed by atoms with E-state index in [0.717, 1.165) is 11.4 Å². The average molecular weight is 500 g/mol. The molecule has 38 heavy (non-hydrogen) atoms. The second-order valence-electron chi connectivity index (χ2n) is 10.1. The molecular formula is C36H21NS. The average Bonchev–Trinajstić information content (AvgIpc) is 3.29. The lowest BCUT2D eigenvalue weighted by atomic mass is 9.92. The summed E-state index contributed by atoms with van der Waals surface area (Å²) in [5.41, 5.74) is 6.23. The minimum Gasteiger partial charge on any atom is -0.310 e. The van der Waals surface area contributed by atoms with Crippen molar-refractivity contribution in [1.29, 1.82) is 0 Å². The van der Waals surface area contributed by atoms with Gasteiger partial charge in [-0.3, -0.25) is 0 Å². The van der Waals surface area contributed by atoms with E-state index in [2.05, 4.69) is 132 Å². The predicted octanol–water partition coefficient (Wildman–Crippen LogP) is 11.0. The largest absolute Gasteiger partial charge is 0.310 e. The molecule has 1 aromatic heterocycles. The van der Waals surface area contributed by atoms with Gasteiger partial charge in [-0.1, -0.05) is 91.0 Å². The van der Waals surface area contributed by atoms with E-state index in [0.29, 0.717) is 0 Å². The smallest absolute Gasteiger partial charge is 0.0554 e. The summed E-state index contributed by atoms with van der Waals surface area (Å²) in [4.78, 5) is 2.42. The Morgan fingerprint density at radius 2 is 1.05 bits per heavy atom. The van der Waals surface area contributed by atoms with Crippen molar-refractivity contribution in [3.63, 3.8) is 0 Å². The topological polar surface area (TPSA) is 3.24 Å². The number of hydrogen-bond acceptors (Lipinski definition) is 2. The first-order valence-corrected chi connectivity index (χ1v) is 13.9. The molecule has 0 atom stereocenters. The molecule has 176 valence electrons. The third-order valence-electron chi connectivity index (χ3n) is 8.12. The summed E-state index contributed by atoms with van der Waals surface area (Å²) in [5.74, 6) is 0. The van der Waals surface area contributed by atoms with E-state index in [9.17, 15) is 0 Å². The van der Waals surface area contributed by atoms with Gasteiger partial charge >= 0.3 is 0 Å². The monoisotopic (exact) mass is 499 g/mol. The summed E-state index contributed by atoms with van der Waals surface area (Å²) in [6, 6.07) is 46.8. The molecule has 0 aliphatic heterocycles. The first-order valence-electron chi connectivity index (χ1n) is 13.0. The number of hydrogen-bond donors (Lipinski definition) is 0. The fraction of sp³-hybridized carbons (Fsp3) is 0. The number of nitrogens with zero attached hydrogens (tertiary/aromatic N) is 1. The second-order valence-corrected chi connectivity index (χ2v) is 11.2. The Morgan fingerprint density at radius 1 is 0.421 bits per heavy atom. The van der Waals surface area contributed by atoms with Gasteiger partial charge in [-0.15, -0.1) is 11.3 Å². The van der Waals surface area contributed by atoms with Crippen LogP contribution >= 0.6 is 11.3 Å². The molecule has 0 N–H and O–H groups in total. The molecule has 0 fully saturated rings. The Hall–Kier alpha value is -4.66. The molecule has 0 spiro atoms. The third-order valence-corrected chi connectivity index (χ3v) is 9.22. The van der Waals surface area contributed by atoms with Crippen LogP contribution in [0.2, 0.25) is 0 Å². The van der Waals surface area contributed by atoms with Crippen molar-refractivity contribution in [2.45, 2.75) is 0 Å². The summed E-state index contributed by atoms with van der Waals surface area (Å²) < 4.78 is 2.69. The van der Waals surface area contributed by atoms with Crippen molar-refractivity contribution in [1.82, 2.24) is 0 Å². The molecule has 0 amide bonds. The third kappa shape index (κ3) is 2.60. The van der Waals surface area contributed by atoms with Gasteiger partial charge in [-0.2, -0.15) is 0 Å². The molecule has 1 heterocycles. The summed E-state index contributed by atoms with van der Waals surface area (Å²) in [6.07, 6.45) is 0. The van der Waals surface area contributed by atoms with Crippen molar-refractivity contribution >= 4 is 80.9 Å². The molecule has 1 aliphatic rings.